The summed E-state index contributed by atoms with van der Waals surface area (Å²) in [6.45, 7) is -0.454. The summed E-state index contributed by atoms with van der Waals surface area (Å²) in [5, 5.41) is 0.853. The summed E-state index contributed by atoms with van der Waals surface area (Å²) in [5.74, 6) is -0.619. The van der Waals surface area contributed by atoms with Gasteiger partial charge in [0.25, 0.3) is 5.91 Å². The van der Waals surface area contributed by atoms with Gasteiger partial charge in [-0.3, -0.25) is 19.3 Å². The van der Waals surface area contributed by atoms with Crippen LogP contribution in [0.25, 0.3) is 6.08 Å². The minimum Gasteiger partial charge on any atom is -0.289 e. The van der Waals surface area contributed by atoms with Gasteiger partial charge in [0.1, 0.15) is 0 Å². The Hall–Kier alpha value is -2.47. The normalized spacial score (nSPS) is 10.3. The second-order valence-corrected chi connectivity index (χ2v) is 3.78. The maximum atomic E-state index is 11.9. The Morgan fingerprint density at radius 3 is 2.50 bits per heavy atom. The average Bonchev–Trinajstić information content (AvgIpc) is 2.49. The van der Waals surface area contributed by atoms with Crippen molar-refractivity contribution in [3.63, 3.8) is 0 Å². The van der Waals surface area contributed by atoms with Gasteiger partial charge in [-0.1, -0.05) is 30.3 Å². The molecular weight excluding hydrogens is 260 g/mol. The molecule has 6 nitrogen and oxygen atoms in total. The van der Waals surface area contributed by atoms with E-state index >= 15 is 0 Å². The smallest absolute Gasteiger partial charge is 0.289 e. The molecule has 0 aromatic heterocycles. The first kappa shape index (κ1) is 15.6. The Morgan fingerprint density at radius 1 is 1.30 bits per heavy atom. The van der Waals surface area contributed by atoms with Gasteiger partial charge in [0, 0.05) is 13.1 Å². The molecule has 0 aliphatic rings. The first-order valence-electron chi connectivity index (χ1n) is 5.81. The summed E-state index contributed by atoms with van der Waals surface area (Å²) in [6, 6.07) is 8.38. The van der Waals surface area contributed by atoms with E-state index in [1.54, 1.807) is 6.08 Å². The van der Waals surface area contributed by atoms with E-state index in [0.29, 0.717) is 0 Å². The summed E-state index contributed by atoms with van der Waals surface area (Å²) in [6.07, 6.45) is 4.30. The summed E-state index contributed by atoms with van der Waals surface area (Å²) in [5.41, 5.74) is 0.809. The van der Waals surface area contributed by atoms with Crippen molar-refractivity contribution < 1.29 is 19.2 Å². The van der Waals surface area contributed by atoms with Crippen molar-refractivity contribution in [2.45, 2.75) is 0 Å². The molecule has 0 N–H and O–H groups in total. The average molecular weight is 275 g/mol. The minimum absolute atomic E-state index is 0.454. The van der Waals surface area contributed by atoms with Crippen LogP contribution in [0.1, 0.15) is 5.56 Å². The maximum Gasteiger partial charge on any atom is 0.351 e. The highest BCUT2D eigenvalue weighted by molar-refractivity contribution is 6.03. The van der Waals surface area contributed by atoms with E-state index in [2.05, 4.69) is 4.84 Å². The third kappa shape index (κ3) is 4.33. The molecule has 0 aliphatic heterocycles. The van der Waals surface area contributed by atoms with Crippen LogP contribution in [-0.2, 0) is 14.4 Å². The van der Waals surface area contributed by atoms with Gasteiger partial charge in [-0.15, -0.1) is 0 Å². The summed E-state index contributed by atoms with van der Waals surface area (Å²) in [7, 11) is 2.62. The molecule has 3 amide bonds. The SMILES string of the molecule is CON(C)C(=O)N(C[C]=O)C(=O)C=Cc1ccccc1. The van der Waals surface area contributed by atoms with Gasteiger partial charge in [0.05, 0.1) is 13.7 Å². The van der Waals surface area contributed by atoms with Crippen LogP contribution in [0.2, 0.25) is 0 Å². The molecule has 0 saturated carbocycles. The van der Waals surface area contributed by atoms with Crippen molar-refractivity contribution in [1.29, 1.82) is 0 Å². The number of amides is 3. The fraction of sp³-hybridized carbons (Fsp3) is 0.214. The zero-order chi connectivity index (χ0) is 15.0. The summed E-state index contributed by atoms with van der Waals surface area (Å²) < 4.78 is 0. The Balaban J connectivity index is 2.81. The Labute approximate surface area is 117 Å². The van der Waals surface area contributed by atoms with Gasteiger partial charge in [-0.2, -0.15) is 0 Å². The lowest BCUT2D eigenvalue weighted by molar-refractivity contribution is -0.127. The fourth-order valence-corrected chi connectivity index (χ4v) is 1.37. The van der Waals surface area contributed by atoms with E-state index in [0.717, 1.165) is 15.5 Å². The molecule has 0 atom stereocenters. The molecular formula is C14H15N2O4. The monoisotopic (exact) mass is 275 g/mol. The van der Waals surface area contributed by atoms with Crippen molar-refractivity contribution in [1.82, 2.24) is 9.96 Å². The van der Waals surface area contributed by atoms with Crippen LogP contribution in [0.4, 0.5) is 4.79 Å². The van der Waals surface area contributed by atoms with Crippen LogP contribution in [0.5, 0.6) is 0 Å². The lowest BCUT2D eigenvalue weighted by atomic mass is 10.2. The second kappa shape index (κ2) is 7.85. The highest BCUT2D eigenvalue weighted by Crippen LogP contribution is 2.03. The van der Waals surface area contributed by atoms with Crippen molar-refractivity contribution in [3.8, 4) is 0 Å². The van der Waals surface area contributed by atoms with E-state index in [9.17, 15) is 14.4 Å². The molecule has 1 aromatic rings. The predicted molar refractivity (Wildman–Crippen MR) is 73.1 cm³/mol. The minimum atomic E-state index is -0.737. The van der Waals surface area contributed by atoms with Crippen molar-refractivity contribution in [3.05, 3.63) is 42.0 Å². The molecule has 1 radical (unpaired) electrons. The molecule has 0 saturated heterocycles. The number of benzene rings is 1. The molecule has 0 bridgehead atoms. The highest BCUT2D eigenvalue weighted by Gasteiger charge is 2.22. The van der Waals surface area contributed by atoms with E-state index in [1.165, 1.54) is 26.5 Å². The number of hydrogen-bond acceptors (Lipinski definition) is 4. The van der Waals surface area contributed by atoms with Gasteiger partial charge >= 0.3 is 6.03 Å². The fourth-order valence-electron chi connectivity index (χ4n) is 1.37. The molecule has 0 heterocycles. The number of nitrogens with zero attached hydrogens (tertiary/aromatic N) is 2. The van der Waals surface area contributed by atoms with Crippen LogP contribution in [0.15, 0.2) is 36.4 Å². The van der Waals surface area contributed by atoms with Crippen LogP contribution in [0.3, 0.4) is 0 Å². The first-order chi connectivity index (χ1) is 9.60. The largest absolute Gasteiger partial charge is 0.351 e. The number of imide groups is 1. The zero-order valence-electron chi connectivity index (χ0n) is 11.3. The molecule has 1 rings (SSSR count). The summed E-state index contributed by atoms with van der Waals surface area (Å²) >= 11 is 0. The molecule has 0 fully saturated rings. The van der Waals surface area contributed by atoms with E-state index < -0.39 is 18.5 Å². The Bertz CT molecular complexity index is 499. The van der Waals surface area contributed by atoms with Crippen molar-refractivity contribution in [2.75, 3.05) is 20.7 Å². The van der Waals surface area contributed by atoms with E-state index in [4.69, 9.17) is 0 Å². The van der Waals surface area contributed by atoms with Crippen LogP contribution in [-0.4, -0.2) is 48.9 Å². The van der Waals surface area contributed by atoms with E-state index in [-0.39, 0.29) is 0 Å². The molecule has 105 valence electrons. The molecule has 6 heteroatoms. The molecule has 0 unspecified atom stereocenters. The van der Waals surface area contributed by atoms with Gasteiger partial charge in [0.15, 0.2) is 0 Å². The summed E-state index contributed by atoms with van der Waals surface area (Å²) in [4.78, 5) is 39.6. The third-order valence-corrected chi connectivity index (χ3v) is 2.48. The highest BCUT2D eigenvalue weighted by atomic mass is 16.7. The zero-order valence-corrected chi connectivity index (χ0v) is 11.3. The molecule has 0 spiro atoms. The number of carbonyl (C=O) groups is 2. The molecule has 0 aliphatic carbocycles. The van der Waals surface area contributed by atoms with Crippen molar-refractivity contribution >= 4 is 24.3 Å². The Kier molecular flexibility index (Phi) is 6.12. The van der Waals surface area contributed by atoms with Gasteiger partial charge in [-0.25, -0.2) is 9.86 Å². The molecule has 1 aromatic carbocycles. The number of rotatable bonds is 5. The van der Waals surface area contributed by atoms with Crippen LogP contribution >= 0.6 is 0 Å². The van der Waals surface area contributed by atoms with Crippen molar-refractivity contribution in [2.24, 2.45) is 0 Å². The van der Waals surface area contributed by atoms with Crippen LogP contribution < -0.4 is 0 Å². The maximum absolute atomic E-state index is 11.9. The predicted octanol–water partition coefficient (Wildman–Crippen LogP) is 1.25. The Morgan fingerprint density at radius 2 is 1.95 bits per heavy atom. The number of hydroxylamine groups is 2. The van der Waals surface area contributed by atoms with E-state index in [1.807, 2.05) is 30.3 Å². The topological polar surface area (TPSA) is 66.9 Å². The quantitative estimate of drug-likeness (QED) is 0.599. The van der Waals surface area contributed by atoms with Gasteiger partial charge < -0.3 is 0 Å². The van der Waals surface area contributed by atoms with Gasteiger partial charge in [0.2, 0.25) is 6.29 Å². The lowest BCUT2D eigenvalue weighted by Gasteiger charge is -2.21. The number of carbonyl (C=O) groups excluding carboxylic acids is 3. The van der Waals surface area contributed by atoms with Crippen LogP contribution in [0, 0.1) is 0 Å². The first-order valence-corrected chi connectivity index (χ1v) is 5.81. The number of urea groups is 1. The van der Waals surface area contributed by atoms with Gasteiger partial charge in [-0.05, 0) is 11.6 Å². The second-order valence-electron chi connectivity index (χ2n) is 3.78. The lowest BCUT2D eigenvalue weighted by Crippen LogP contribution is -2.44. The third-order valence-electron chi connectivity index (χ3n) is 2.48. The number of hydrogen-bond donors (Lipinski definition) is 0. The standard InChI is InChI=1S/C14H15N2O4/c1-15(20-2)14(19)16(10-11-17)13(18)9-8-12-6-4-3-5-7-12/h3-9H,10H2,1-2H3. The molecule has 20 heavy (non-hydrogen) atoms.